The van der Waals surface area contributed by atoms with Crippen molar-refractivity contribution < 1.29 is 15.2 Å². The Bertz CT molecular complexity index is 849. The lowest BCUT2D eigenvalue weighted by Crippen LogP contribution is -2.46. The summed E-state index contributed by atoms with van der Waals surface area (Å²) in [4.78, 5) is 14.7. The van der Waals surface area contributed by atoms with Crippen molar-refractivity contribution in [2.45, 2.75) is 6.54 Å². The number of rotatable bonds is 5. The van der Waals surface area contributed by atoms with Gasteiger partial charge in [-0.15, -0.1) is 0 Å². The number of oxime groups is 1. The highest BCUT2D eigenvalue weighted by Gasteiger charge is 2.20. The Morgan fingerprint density at radius 2 is 1.85 bits per heavy atom. The van der Waals surface area contributed by atoms with Gasteiger partial charge in [-0.1, -0.05) is 16.8 Å². The lowest BCUT2D eigenvalue weighted by Gasteiger charge is -2.36. The number of anilines is 1. The quantitative estimate of drug-likeness (QED) is 0.352. The fourth-order valence-electron chi connectivity index (χ4n) is 3.15. The van der Waals surface area contributed by atoms with Crippen LogP contribution in [0.1, 0.15) is 11.1 Å². The van der Waals surface area contributed by atoms with E-state index in [1.807, 2.05) is 0 Å². The molecule has 0 aliphatic carbocycles. The molecule has 1 aliphatic heterocycles. The average Bonchev–Trinajstić information content (AvgIpc) is 2.66. The van der Waals surface area contributed by atoms with E-state index >= 15 is 0 Å². The second kappa shape index (κ2) is 8.24. The van der Waals surface area contributed by atoms with E-state index in [1.54, 1.807) is 18.2 Å². The first kappa shape index (κ1) is 18.9. The van der Waals surface area contributed by atoms with Crippen LogP contribution < -0.4 is 4.90 Å². The Labute approximate surface area is 161 Å². The second-order valence-corrected chi connectivity index (χ2v) is 6.72. The zero-order valence-corrected chi connectivity index (χ0v) is 15.2. The number of nitrogens with zero attached hydrogens (tertiary/aromatic N) is 4. The van der Waals surface area contributed by atoms with E-state index in [4.69, 9.17) is 16.8 Å². The van der Waals surface area contributed by atoms with Crippen molar-refractivity contribution in [3.8, 4) is 5.75 Å². The summed E-state index contributed by atoms with van der Waals surface area (Å²) >= 11 is 6.08. The normalized spacial score (nSPS) is 15.4. The van der Waals surface area contributed by atoms with Crippen LogP contribution in [-0.2, 0) is 6.54 Å². The molecule has 1 saturated heterocycles. The minimum absolute atomic E-state index is 0.0509. The number of phenolic OH excluding ortho intramolecular Hbond substituents is 1. The monoisotopic (exact) mass is 390 g/mol. The summed E-state index contributed by atoms with van der Waals surface area (Å²) < 4.78 is 0. The first-order chi connectivity index (χ1) is 13.0. The minimum atomic E-state index is -0.408. The summed E-state index contributed by atoms with van der Waals surface area (Å²) in [5.74, 6) is 0.0509. The van der Waals surface area contributed by atoms with Crippen molar-refractivity contribution in [3.63, 3.8) is 0 Å². The zero-order chi connectivity index (χ0) is 19.4. The highest BCUT2D eigenvalue weighted by Crippen LogP contribution is 2.28. The van der Waals surface area contributed by atoms with E-state index in [0.717, 1.165) is 38.1 Å². The second-order valence-electron chi connectivity index (χ2n) is 6.28. The van der Waals surface area contributed by atoms with Gasteiger partial charge in [0.05, 0.1) is 11.1 Å². The van der Waals surface area contributed by atoms with Gasteiger partial charge in [0.1, 0.15) is 5.75 Å². The molecule has 0 saturated carbocycles. The maximum atomic E-state index is 10.8. The Kier molecular flexibility index (Phi) is 5.78. The van der Waals surface area contributed by atoms with Crippen LogP contribution in [0.15, 0.2) is 41.6 Å². The third kappa shape index (κ3) is 4.47. The van der Waals surface area contributed by atoms with E-state index in [9.17, 15) is 15.2 Å². The van der Waals surface area contributed by atoms with Crippen molar-refractivity contribution in [3.05, 3.63) is 62.7 Å². The predicted molar refractivity (Wildman–Crippen MR) is 103 cm³/mol. The van der Waals surface area contributed by atoms with Crippen molar-refractivity contribution in [1.82, 2.24) is 4.90 Å². The molecule has 0 radical (unpaired) electrons. The molecular formula is C18H19ClN4O4. The maximum Gasteiger partial charge on any atom is 0.269 e. The molecule has 0 aromatic heterocycles. The molecule has 27 heavy (non-hydrogen) atoms. The van der Waals surface area contributed by atoms with Crippen molar-refractivity contribution in [1.29, 1.82) is 0 Å². The van der Waals surface area contributed by atoms with Crippen molar-refractivity contribution in [2.24, 2.45) is 5.16 Å². The van der Waals surface area contributed by atoms with Crippen LogP contribution in [0.4, 0.5) is 11.4 Å². The molecule has 142 valence electrons. The molecule has 1 fully saturated rings. The first-order valence-corrected chi connectivity index (χ1v) is 8.76. The van der Waals surface area contributed by atoms with E-state index in [2.05, 4.69) is 15.0 Å². The number of phenols is 1. The molecule has 1 aliphatic rings. The van der Waals surface area contributed by atoms with Gasteiger partial charge in [-0.2, -0.15) is 0 Å². The summed E-state index contributed by atoms with van der Waals surface area (Å²) in [5, 5.41) is 33.2. The predicted octanol–water partition coefficient (Wildman–Crippen LogP) is 3.08. The van der Waals surface area contributed by atoms with Gasteiger partial charge in [0.25, 0.3) is 5.69 Å². The molecule has 2 N–H and O–H groups in total. The Balaban J connectivity index is 1.64. The van der Waals surface area contributed by atoms with Crippen LogP contribution in [-0.4, -0.2) is 52.5 Å². The third-order valence-electron chi connectivity index (χ3n) is 4.57. The molecule has 2 aromatic carbocycles. The Hall–Kier alpha value is -2.84. The number of halogens is 1. The summed E-state index contributed by atoms with van der Waals surface area (Å²) in [6.07, 6.45) is 1.15. The van der Waals surface area contributed by atoms with Crippen molar-refractivity contribution in [2.75, 3.05) is 31.1 Å². The summed E-state index contributed by atoms with van der Waals surface area (Å²) in [6, 6.07) is 9.78. The number of nitro groups is 1. The lowest BCUT2D eigenvalue weighted by molar-refractivity contribution is -0.384. The molecule has 2 aromatic rings. The van der Waals surface area contributed by atoms with Crippen LogP contribution in [0, 0.1) is 10.1 Å². The van der Waals surface area contributed by atoms with Crippen LogP contribution >= 0.6 is 11.6 Å². The molecule has 0 unspecified atom stereocenters. The smallest absolute Gasteiger partial charge is 0.269 e. The summed E-state index contributed by atoms with van der Waals surface area (Å²) in [6.45, 7) is 3.60. The maximum absolute atomic E-state index is 10.8. The molecule has 0 atom stereocenters. The summed E-state index contributed by atoms with van der Waals surface area (Å²) in [7, 11) is 0. The molecule has 0 spiro atoms. The van der Waals surface area contributed by atoms with E-state index < -0.39 is 4.92 Å². The Morgan fingerprint density at radius 1 is 1.19 bits per heavy atom. The minimum Gasteiger partial charge on any atom is -0.507 e. The standard InChI is InChI=1S/C18H19ClN4O4/c19-15-9-13(11-20-25)18(24)14(10-15)12-21-5-7-22(8-6-21)16-1-3-17(4-2-16)23(26)27/h1-4,9-11,24-25H,5-8,12H2/b20-11+. The van der Waals surface area contributed by atoms with Gasteiger partial charge in [0.15, 0.2) is 0 Å². The molecule has 8 nitrogen and oxygen atoms in total. The topological polar surface area (TPSA) is 102 Å². The largest absolute Gasteiger partial charge is 0.507 e. The van der Waals surface area contributed by atoms with Gasteiger partial charge in [-0.05, 0) is 24.3 Å². The number of benzene rings is 2. The molecule has 0 bridgehead atoms. The molecule has 1 heterocycles. The van der Waals surface area contributed by atoms with Gasteiger partial charge < -0.3 is 15.2 Å². The third-order valence-corrected chi connectivity index (χ3v) is 4.79. The molecule has 3 rings (SSSR count). The Morgan fingerprint density at radius 3 is 2.44 bits per heavy atom. The number of piperazine rings is 1. The van der Waals surface area contributed by atoms with Gasteiger partial charge in [-0.3, -0.25) is 15.0 Å². The number of hydrogen-bond donors (Lipinski definition) is 2. The fraction of sp³-hybridized carbons (Fsp3) is 0.278. The van der Waals surface area contributed by atoms with Crippen molar-refractivity contribution >= 4 is 29.2 Å². The SMILES string of the molecule is O=[N+]([O-])c1ccc(N2CCN(Cc3cc(Cl)cc(/C=N/O)c3O)CC2)cc1. The fourth-order valence-corrected chi connectivity index (χ4v) is 3.40. The lowest BCUT2D eigenvalue weighted by atomic mass is 10.1. The van der Waals surface area contributed by atoms with Crippen LogP contribution in [0.25, 0.3) is 0 Å². The average molecular weight is 391 g/mol. The summed E-state index contributed by atoms with van der Waals surface area (Å²) in [5.41, 5.74) is 2.06. The number of aromatic hydroxyl groups is 1. The van der Waals surface area contributed by atoms with Crippen LogP contribution in [0.5, 0.6) is 5.75 Å². The number of hydrogen-bond acceptors (Lipinski definition) is 7. The zero-order valence-electron chi connectivity index (χ0n) is 14.5. The van der Waals surface area contributed by atoms with Crippen LogP contribution in [0.3, 0.4) is 0 Å². The molecule has 9 heteroatoms. The van der Waals surface area contributed by atoms with Gasteiger partial charge in [-0.25, -0.2) is 0 Å². The number of nitro benzene ring substituents is 1. The van der Waals surface area contributed by atoms with E-state index in [1.165, 1.54) is 18.2 Å². The van der Waals surface area contributed by atoms with Crippen LogP contribution in [0.2, 0.25) is 5.02 Å². The van der Waals surface area contributed by atoms with E-state index in [0.29, 0.717) is 22.7 Å². The first-order valence-electron chi connectivity index (χ1n) is 8.38. The van der Waals surface area contributed by atoms with Gasteiger partial charge >= 0.3 is 0 Å². The molecular weight excluding hydrogens is 372 g/mol. The van der Waals surface area contributed by atoms with Gasteiger partial charge in [0.2, 0.25) is 0 Å². The number of non-ortho nitro benzene ring substituents is 1. The highest BCUT2D eigenvalue weighted by atomic mass is 35.5. The van der Waals surface area contributed by atoms with Gasteiger partial charge in [0, 0.05) is 66.7 Å². The molecule has 0 amide bonds. The highest BCUT2D eigenvalue weighted by molar-refractivity contribution is 6.31. The van der Waals surface area contributed by atoms with E-state index in [-0.39, 0.29) is 11.4 Å².